The Morgan fingerprint density at radius 2 is 1.03 bits per heavy atom. The Bertz CT molecular complexity index is 1110. The van der Waals surface area contributed by atoms with E-state index in [-0.39, 0.29) is 5.56 Å². The van der Waals surface area contributed by atoms with Gasteiger partial charge in [0.2, 0.25) is 0 Å². The summed E-state index contributed by atoms with van der Waals surface area (Å²) in [6, 6.07) is 20.8. The number of rotatable bonds is 17. The van der Waals surface area contributed by atoms with Crippen molar-refractivity contribution >= 4 is 27.9 Å². The van der Waals surface area contributed by atoms with Crippen LogP contribution >= 0.6 is 15.9 Å². The highest BCUT2D eigenvalue weighted by Crippen LogP contribution is 2.24. The van der Waals surface area contributed by atoms with Crippen LogP contribution in [0.4, 0.5) is 0 Å². The Kier molecular flexibility index (Phi) is 12.9. The zero-order valence-electron chi connectivity index (χ0n) is 21.9. The number of hydrogen-bond donors (Lipinski definition) is 1. The number of carbonyl (C=O) groups is 2. The molecule has 3 rings (SSSR count). The van der Waals surface area contributed by atoms with Crippen LogP contribution in [0, 0.1) is 0 Å². The van der Waals surface area contributed by atoms with E-state index in [1.165, 1.54) is 57.8 Å². The zero-order valence-corrected chi connectivity index (χ0v) is 23.5. The summed E-state index contributed by atoms with van der Waals surface area (Å²) < 4.78 is 11.3. The highest BCUT2D eigenvalue weighted by molar-refractivity contribution is 9.09. The lowest BCUT2D eigenvalue weighted by molar-refractivity contribution is 0.0694. The van der Waals surface area contributed by atoms with Crippen LogP contribution in [0.3, 0.4) is 0 Å². The van der Waals surface area contributed by atoms with Gasteiger partial charge in [0.25, 0.3) is 0 Å². The molecule has 0 aliphatic carbocycles. The van der Waals surface area contributed by atoms with E-state index in [0.29, 0.717) is 17.9 Å². The molecule has 0 atom stereocenters. The molecular formula is C32H37BrO5. The van der Waals surface area contributed by atoms with Gasteiger partial charge in [-0.05, 0) is 72.5 Å². The number of hydrogen-bond acceptors (Lipinski definition) is 4. The first-order chi connectivity index (χ1) is 18.6. The fourth-order valence-corrected chi connectivity index (χ4v) is 4.57. The van der Waals surface area contributed by atoms with Crippen LogP contribution in [-0.2, 0) is 0 Å². The van der Waals surface area contributed by atoms with Crippen LogP contribution in [0.1, 0.15) is 84.9 Å². The van der Waals surface area contributed by atoms with Gasteiger partial charge < -0.3 is 14.6 Å². The molecule has 0 aliphatic rings. The average Bonchev–Trinajstić information content (AvgIpc) is 2.94. The molecule has 3 aromatic rings. The van der Waals surface area contributed by atoms with Crippen LogP contribution in [0.2, 0.25) is 0 Å². The first kappa shape index (κ1) is 29.4. The molecule has 6 heteroatoms. The molecule has 0 amide bonds. The summed E-state index contributed by atoms with van der Waals surface area (Å²) in [5.41, 5.74) is 2.48. The minimum Gasteiger partial charge on any atom is -0.494 e. The Morgan fingerprint density at radius 3 is 1.55 bits per heavy atom. The fourth-order valence-electron chi connectivity index (χ4n) is 4.17. The summed E-state index contributed by atoms with van der Waals surface area (Å²) in [5, 5.41) is 10.2. The molecule has 0 unspecified atom stereocenters. The normalized spacial score (nSPS) is 10.8. The van der Waals surface area contributed by atoms with Crippen molar-refractivity contribution in [2.45, 2.75) is 64.2 Å². The number of esters is 1. The van der Waals surface area contributed by atoms with E-state index in [1.807, 2.05) is 12.1 Å². The summed E-state index contributed by atoms with van der Waals surface area (Å²) in [5.74, 6) is -0.195. The van der Waals surface area contributed by atoms with E-state index in [9.17, 15) is 9.59 Å². The van der Waals surface area contributed by atoms with Crippen molar-refractivity contribution in [3.05, 3.63) is 83.9 Å². The summed E-state index contributed by atoms with van der Waals surface area (Å²) in [7, 11) is 0. The maximum atomic E-state index is 12.5. The van der Waals surface area contributed by atoms with Gasteiger partial charge in [-0.25, -0.2) is 9.59 Å². The first-order valence-electron chi connectivity index (χ1n) is 13.5. The quantitative estimate of drug-likeness (QED) is 0.0746. The van der Waals surface area contributed by atoms with Gasteiger partial charge in [0, 0.05) is 5.33 Å². The molecule has 0 bridgehead atoms. The Hall–Kier alpha value is -3.12. The minimum atomic E-state index is -0.957. The smallest absolute Gasteiger partial charge is 0.343 e. The highest BCUT2D eigenvalue weighted by atomic mass is 79.9. The second-order valence-electron chi connectivity index (χ2n) is 9.39. The van der Waals surface area contributed by atoms with Crippen LogP contribution in [-0.4, -0.2) is 29.0 Å². The second-order valence-corrected chi connectivity index (χ2v) is 10.2. The van der Waals surface area contributed by atoms with Gasteiger partial charge >= 0.3 is 11.9 Å². The average molecular weight is 582 g/mol. The van der Waals surface area contributed by atoms with Crippen molar-refractivity contribution in [3.8, 4) is 22.6 Å². The van der Waals surface area contributed by atoms with Crippen LogP contribution in [0.5, 0.6) is 11.5 Å². The van der Waals surface area contributed by atoms with Crippen molar-refractivity contribution in [2.75, 3.05) is 11.9 Å². The van der Waals surface area contributed by atoms with Gasteiger partial charge in [0.1, 0.15) is 11.5 Å². The lowest BCUT2D eigenvalue weighted by atomic mass is 10.0. The number of unbranched alkanes of at least 4 members (excludes halogenated alkanes) is 9. The van der Waals surface area contributed by atoms with E-state index < -0.39 is 11.9 Å². The fraction of sp³-hybridized carbons (Fsp3) is 0.375. The maximum Gasteiger partial charge on any atom is 0.343 e. The van der Waals surface area contributed by atoms with Gasteiger partial charge in [-0.1, -0.05) is 91.6 Å². The van der Waals surface area contributed by atoms with Gasteiger partial charge in [0.15, 0.2) is 0 Å². The number of carboxylic acid groups (broad SMARTS) is 1. The number of aromatic carboxylic acids is 1. The summed E-state index contributed by atoms with van der Waals surface area (Å²) in [4.78, 5) is 23.5. The molecule has 5 nitrogen and oxygen atoms in total. The molecular weight excluding hydrogens is 544 g/mol. The molecule has 0 heterocycles. The predicted octanol–water partition coefficient (Wildman–Crippen LogP) is 8.95. The third kappa shape index (κ3) is 10.3. The molecule has 0 aliphatic heterocycles. The molecule has 0 aromatic heterocycles. The number of halogens is 1. The van der Waals surface area contributed by atoms with E-state index in [2.05, 4.69) is 15.9 Å². The zero-order chi connectivity index (χ0) is 27.0. The van der Waals surface area contributed by atoms with Gasteiger partial charge in [-0.2, -0.15) is 0 Å². The van der Waals surface area contributed by atoms with Crippen molar-refractivity contribution < 1.29 is 24.2 Å². The molecule has 0 fully saturated rings. The maximum absolute atomic E-state index is 12.5. The van der Waals surface area contributed by atoms with E-state index >= 15 is 0 Å². The number of carbonyl (C=O) groups excluding carboxylic acids is 1. The van der Waals surface area contributed by atoms with Crippen LogP contribution < -0.4 is 9.47 Å². The molecule has 3 aromatic carbocycles. The molecule has 0 saturated carbocycles. The number of ether oxygens (including phenoxy) is 2. The molecule has 0 radical (unpaired) electrons. The molecule has 0 spiro atoms. The molecule has 202 valence electrons. The van der Waals surface area contributed by atoms with Gasteiger partial charge in [-0.3, -0.25) is 0 Å². The molecule has 38 heavy (non-hydrogen) atoms. The topological polar surface area (TPSA) is 72.8 Å². The number of carboxylic acids is 1. The summed E-state index contributed by atoms with van der Waals surface area (Å²) in [6.45, 7) is 0.682. The predicted molar refractivity (Wildman–Crippen MR) is 156 cm³/mol. The highest BCUT2D eigenvalue weighted by Gasteiger charge is 2.10. The Morgan fingerprint density at radius 1 is 0.579 bits per heavy atom. The molecule has 1 N–H and O–H groups in total. The number of alkyl halides is 1. The minimum absolute atomic E-state index is 0.240. The van der Waals surface area contributed by atoms with Crippen molar-refractivity contribution in [1.29, 1.82) is 0 Å². The SMILES string of the molecule is O=C(O)c1ccc(-c2ccc(OC(=O)c3ccc(OCCCCCCCCCCCCBr)cc3)cc2)cc1. The van der Waals surface area contributed by atoms with Crippen molar-refractivity contribution in [1.82, 2.24) is 0 Å². The van der Waals surface area contributed by atoms with Gasteiger partial charge in [-0.15, -0.1) is 0 Å². The third-order valence-electron chi connectivity index (χ3n) is 6.42. The Balaban J connectivity index is 1.33. The first-order valence-corrected chi connectivity index (χ1v) is 14.6. The second kappa shape index (κ2) is 16.7. The van der Waals surface area contributed by atoms with E-state index in [0.717, 1.165) is 28.6 Å². The third-order valence-corrected chi connectivity index (χ3v) is 6.98. The van der Waals surface area contributed by atoms with Gasteiger partial charge in [0.05, 0.1) is 17.7 Å². The monoisotopic (exact) mass is 580 g/mol. The lowest BCUT2D eigenvalue weighted by Crippen LogP contribution is -2.08. The number of benzene rings is 3. The summed E-state index contributed by atoms with van der Waals surface area (Å²) >= 11 is 3.48. The van der Waals surface area contributed by atoms with Crippen LogP contribution in [0.15, 0.2) is 72.8 Å². The lowest BCUT2D eigenvalue weighted by Gasteiger charge is -2.08. The van der Waals surface area contributed by atoms with E-state index in [1.54, 1.807) is 60.7 Å². The standard InChI is InChI=1S/C32H37BrO5/c33-23-9-7-5-3-1-2-4-6-8-10-24-37-29-19-17-28(18-20-29)32(36)38-30-21-15-26(16-22-30)25-11-13-27(14-12-25)31(34)35/h11-22H,1-10,23-24H2,(H,34,35). The molecule has 0 saturated heterocycles. The van der Waals surface area contributed by atoms with E-state index in [4.69, 9.17) is 14.6 Å². The van der Waals surface area contributed by atoms with Crippen molar-refractivity contribution in [3.63, 3.8) is 0 Å². The van der Waals surface area contributed by atoms with Crippen LogP contribution in [0.25, 0.3) is 11.1 Å². The largest absolute Gasteiger partial charge is 0.494 e. The van der Waals surface area contributed by atoms with Crippen molar-refractivity contribution in [2.24, 2.45) is 0 Å². The Labute approximate surface area is 234 Å². The summed E-state index contributed by atoms with van der Waals surface area (Å²) in [6.07, 6.45) is 12.8.